The molecule has 3 N–H and O–H groups in total. The van der Waals surface area contributed by atoms with Gasteiger partial charge in [-0.3, -0.25) is 35.9 Å². The summed E-state index contributed by atoms with van der Waals surface area (Å²) in [7, 11) is 4.24. The molecule has 2 rings (SSSR count). The molecule has 0 bridgehead atoms. The molecule has 0 aliphatic heterocycles. The van der Waals surface area contributed by atoms with E-state index in [0.29, 0.717) is 5.75 Å². The lowest BCUT2D eigenvalue weighted by molar-refractivity contribution is -0.384. The SMILES string of the molecule is COc1cc(C(=O)NNC(=S)NC(=O)c2ccc(Cl)c([N+](=O)[O-])c2)cc(OC)c1OC. The number of nitrogens with zero attached hydrogens (tertiary/aromatic N) is 1. The van der Waals surface area contributed by atoms with Gasteiger partial charge in [0.05, 0.1) is 26.3 Å². The van der Waals surface area contributed by atoms with E-state index in [0.717, 1.165) is 6.07 Å². The number of hydrazine groups is 1. The van der Waals surface area contributed by atoms with Gasteiger partial charge >= 0.3 is 0 Å². The van der Waals surface area contributed by atoms with Crippen LogP contribution in [-0.4, -0.2) is 43.2 Å². The van der Waals surface area contributed by atoms with Crippen molar-refractivity contribution in [2.45, 2.75) is 0 Å². The van der Waals surface area contributed by atoms with Gasteiger partial charge in [0.2, 0.25) is 5.75 Å². The Bertz CT molecular complexity index is 1020. The highest BCUT2D eigenvalue weighted by Crippen LogP contribution is 2.38. The number of ether oxygens (including phenoxy) is 3. The molecule has 2 amide bonds. The van der Waals surface area contributed by atoms with Crippen LogP contribution in [0.25, 0.3) is 0 Å². The zero-order chi connectivity index (χ0) is 23.1. The largest absolute Gasteiger partial charge is 0.493 e. The Hall–Kier alpha value is -3.64. The number of carbonyl (C=O) groups is 2. The number of nitro groups is 1. The van der Waals surface area contributed by atoms with Crippen LogP contribution in [0.15, 0.2) is 30.3 Å². The van der Waals surface area contributed by atoms with E-state index in [9.17, 15) is 19.7 Å². The Labute approximate surface area is 186 Å². The Morgan fingerprint density at radius 2 is 1.58 bits per heavy atom. The van der Waals surface area contributed by atoms with Gasteiger partial charge in [0.1, 0.15) is 5.02 Å². The molecular formula is C18H17ClN4O7S. The number of methoxy groups -OCH3 is 3. The number of nitro benzene ring substituents is 1. The van der Waals surface area contributed by atoms with Crippen LogP contribution >= 0.6 is 23.8 Å². The third-order valence-corrected chi connectivity index (χ3v) is 4.37. The molecule has 0 unspecified atom stereocenters. The van der Waals surface area contributed by atoms with E-state index in [1.165, 1.54) is 45.6 Å². The summed E-state index contributed by atoms with van der Waals surface area (Å²) in [6.07, 6.45) is 0. The Morgan fingerprint density at radius 1 is 0.968 bits per heavy atom. The van der Waals surface area contributed by atoms with E-state index in [1.807, 2.05) is 0 Å². The molecule has 0 radical (unpaired) electrons. The van der Waals surface area contributed by atoms with Crippen LogP contribution in [-0.2, 0) is 0 Å². The number of hydrogen-bond donors (Lipinski definition) is 3. The standard InChI is InChI=1S/C18H17ClN4O7S/c1-28-13-7-10(8-14(29-2)15(13)30-3)17(25)21-22-18(31)20-16(24)9-4-5-11(19)12(6-9)23(26)27/h4-8H,1-3H3,(H,21,25)(H2,20,22,24,31). The summed E-state index contributed by atoms with van der Waals surface area (Å²) in [5.74, 6) is -0.494. The predicted octanol–water partition coefficient (Wildman–Crippen LogP) is 2.22. The molecule has 2 aromatic carbocycles. The maximum Gasteiger partial charge on any atom is 0.288 e. The molecule has 0 fully saturated rings. The van der Waals surface area contributed by atoms with E-state index < -0.39 is 22.4 Å². The van der Waals surface area contributed by atoms with Gasteiger partial charge in [0.25, 0.3) is 17.5 Å². The van der Waals surface area contributed by atoms with E-state index in [1.54, 1.807) is 0 Å². The summed E-state index contributed by atoms with van der Waals surface area (Å²) < 4.78 is 15.6. The van der Waals surface area contributed by atoms with Crippen molar-refractivity contribution in [3.63, 3.8) is 0 Å². The first-order valence-corrected chi connectivity index (χ1v) is 9.16. The first kappa shape index (κ1) is 23.6. The van der Waals surface area contributed by atoms with Crippen LogP contribution in [0.4, 0.5) is 5.69 Å². The average Bonchev–Trinajstić information content (AvgIpc) is 2.76. The molecule has 0 aromatic heterocycles. The van der Waals surface area contributed by atoms with Crippen molar-refractivity contribution in [1.29, 1.82) is 0 Å². The van der Waals surface area contributed by atoms with Gasteiger partial charge in [-0.2, -0.15) is 0 Å². The van der Waals surface area contributed by atoms with E-state index in [4.69, 9.17) is 38.0 Å². The molecule has 0 spiro atoms. The predicted molar refractivity (Wildman–Crippen MR) is 115 cm³/mol. The first-order chi connectivity index (χ1) is 14.7. The van der Waals surface area contributed by atoms with Crippen molar-refractivity contribution in [3.05, 3.63) is 56.6 Å². The number of hydrogen-bond acceptors (Lipinski definition) is 8. The van der Waals surface area contributed by atoms with Crippen LogP contribution in [0, 0.1) is 10.1 Å². The third-order valence-electron chi connectivity index (χ3n) is 3.85. The summed E-state index contributed by atoms with van der Waals surface area (Å²) in [6.45, 7) is 0. The minimum Gasteiger partial charge on any atom is -0.493 e. The molecule has 0 saturated carbocycles. The van der Waals surface area contributed by atoms with Crippen molar-refractivity contribution in [3.8, 4) is 17.2 Å². The fourth-order valence-corrected chi connectivity index (χ4v) is 2.73. The molecule has 11 nitrogen and oxygen atoms in total. The van der Waals surface area contributed by atoms with Gasteiger partial charge in [0.15, 0.2) is 16.6 Å². The summed E-state index contributed by atoms with van der Waals surface area (Å²) in [4.78, 5) is 34.9. The fourth-order valence-electron chi connectivity index (χ4n) is 2.40. The van der Waals surface area contributed by atoms with Crippen LogP contribution in [0.5, 0.6) is 17.2 Å². The van der Waals surface area contributed by atoms with Gasteiger partial charge in [0, 0.05) is 17.2 Å². The number of thiocarbonyl (C=S) groups is 1. The summed E-state index contributed by atoms with van der Waals surface area (Å²) >= 11 is 10.7. The second-order valence-electron chi connectivity index (χ2n) is 5.70. The normalized spacial score (nSPS) is 9.94. The molecule has 0 aliphatic rings. The lowest BCUT2D eigenvalue weighted by Crippen LogP contribution is -2.48. The molecule has 0 saturated heterocycles. The zero-order valence-corrected chi connectivity index (χ0v) is 18.1. The maximum atomic E-state index is 12.4. The first-order valence-electron chi connectivity index (χ1n) is 8.37. The smallest absolute Gasteiger partial charge is 0.288 e. The van der Waals surface area contributed by atoms with Crippen molar-refractivity contribution in [2.75, 3.05) is 21.3 Å². The number of benzene rings is 2. The van der Waals surface area contributed by atoms with Gasteiger partial charge in [-0.25, -0.2) is 0 Å². The molecular weight excluding hydrogens is 452 g/mol. The van der Waals surface area contributed by atoms with Crippen LogP contribution in [0.1, 0.15) is 20.7 Å². The third kappa shape index (κ3) is 5.71. The highest BCUT2D eigenvalue weighted by molar-refractivity contribution is 7.80. The van der Waals surface area contributed by atoms with Crippen molar-refractivity contribution in [1.82, 2.24) is 16.2 Å². The van der Waals surface area contributed by atoms with Crippen LogP contribution < -0.4 is 30.4 Å². The second kappa shape index (κ2) is 10.4. The monoisotopic (exact) mass is 468 g/mol. The van der Waals surface area contributed by atoms with Crippen LogP contribution in [0.2, 0.25) is 5.02 Å². The van der Waals surface area contributed by atoms with E-state index in [2.05, 4.69) is 16.2 Å². The topological polar surface area (TPSA) is 141 Å². The molecule has 0 heterocycles. The number of nitrogens with one attached hydrogen (secondary N) is 3. The minimum atomic E-state index is -0.737. The Morgan fingerprint density at radius 3 is 2.10 bits per heavy atom. The van der Waals surface area contributed by atoms with Gasteiger partial charge in [-0.1, -0.05) is 11.6 Å². The Kier molecular flexibility index (Phi) is 7.94. The van der Waals surface area contributed by atoms with Crippen molar-refractivity contribution >= 4 is 46.4 Å². The quantitative estimate of drug-likeness (QED) is 0.330. The highest BCUT2D eigenvalue weighted by atomic mass is 35.5. The molecule has 2 aromatic rings. The highest BCUT2D eigenvalue weighted by Gasteiger charge is 2.19. The van der Waals surface area contributed by atoms with Gasteiger partial charge in [-0.05, 0) is 36.5 Å². The number of halogens is 1. The molecule has 0 aliphatic carbocycles. The average molecular weight is 469 g/mol. The number of amides is 2. The fraction of sp³-hybridized carbons (Fsp3) is 0.167. The van der Waals surface area contributed by atoms with E-state index >= 15 is 0 Å². The van der Waals surface area contributed by atoms with Crippen LogP contribution in [0.3, 0.4) is 0 Å². The summed E-state index contributed by atoms with van der Waals surface area (Å²) in [6, 6.07) is 6.37. The number of rotatable bonds is 6. The molecule has 164 valence electrons. The molecule has 31 heavy (non-hydrogen) atoms. The van der Waals surface area contributed by atoms with Gasteiger partial charge in [-0.15, -0.1) is 0 Å². The Balaban J connectivity index is 2.04. The minimum absolute atomic E-state index is 0.0452. The lowest BCUT2D eigenvalue weighted by Gasteiger charge is -2.15. The van der Waals surface area contributed by atoms with Gasteiger partial charge < -0.3 is 14.2 Å². The second-order valence-corrected chi connectivity index (χ2v) is 6.52. The molecule has 13 heteroatoms. The lowest BCUT2D eigenvalue weighted by atomic mass is 10.1. The maximum absolute atomic E-state index is 12.4. The van der Waals surface area contributed by atoms with Crippen molar-refractivity contribution < 1.29 is 28.7 Å². The van der Waals surface area contributed by atoms with Crippen molar-refractivity contribution in [2.24, 2.45) is 0 Å². The summed E-state index contributed by atoms with van der Waals surface area (Å²) in [5.41, 5.74) is 4.35. The molecule has 0 atom stereocenters. The summed E-state index contributed by atoms with van der Waals surface area (Å²) in [5, 5.41) is 12.9. The zero-order valence-electron chi connectivity index (χ0n) is 16.5. The van der Waals surface area contributed by atoms with E-state index in [-0.39, 0.29) is 32.8 Å². The number of carbonyl (C=O) groups excluding carboxylic acids is 2.